The third kappa shape index (κ3) is 6.27. The molecule has 5 aromatic rings. The van der Waals surface area contributed by atoms with Crippen LogP contribution in [0.4, 0.5) is 4.79 Å². The van der Waals surface area contributed by atoms with Crippen LogP contribution in [-0.4, -0.2) is 47.4 Å². The van der Waals surface area contributed by atoms with Crippen molar-refractivity contribution >= 4 is 28.9 Å². The zero-order chi connectivity index (χ0) is 30.5. The van der Waals surface area contributed by atoms with Crippen molar-refractivity contribution in [3.05, 3.63) is 126 Å². The van der Waals surface area contributed by atoms with Crippen LogP contribution in [0.1, 0.15) is 28.2 Å². The lowest BCUT2D eigenvalue weighted by atomic mass is 9.98. The Morgan fingerprint density at radius 1 is 0.818 bits per heavy atom. The van der Waals surface area contributed by atoms with Gasteiger partial charge in [-0.05, 0) is 51.6 Å². The predicted octanol–water partition coefficient (Wildman–Crippen LogP) is 5.82. The fraction of sp³-hybridized carbons (Fsp3) is 0.171. The van der Waals surface area contributed by atoms with Gasteiger partial charge in [0.25, 0.3) is 0 Å². The van der Waals surface area contributed by atoms with Gasteiger partial charge in [0.15, 0.2) is 6.61 Å². The number of ether oxygens (including phenoxy) is 3. The van der Waals surface area contributed by atoms with Crippen LogP contribution in [0.2, 0.25) is 0 Å². The second kappa shape index (κ2) is 12.7. The van der Waals surface area contributed by atoms with Crippen LogP contribution in [0.5, 0.6) is 5.75 Å². The minimum absolute atomic E-state index is 0.0468. The number of para-hydroxylation sites is 1. The van der Waals surface area contributed by atoms with E-state index in [1.165, 1.54) is 0 Å². The molecule has 3 N–H and O–H groups in total. The fourth-order valence-electron chi connectivity index (χ4n) is 5.58. The summed E-state index contributed by atoms with van der Waals surface area (Å²) in [5.74, 6) is -1.42. The molecule has 4 aromatic carbocycles. The molecular formula is C35H30N2O7. The van der Waals surface area contributed by atoms with E-state index in [1.807, 2.05) is 66.9 Å². The van der Waals surface area contributed by atoms with E-state index < -0.39 is 30.7 Å². The number of carbonyl (C=O) groups excluding carboxylic acids is 2. The van der Waals surface area contributed by atoms with E-state index in [1.54, 1.807) is 24.3 Å². The number of benzene rings is 4. The highest BCUT2D eigenvalue weighted by Crippen LogP contribution is 2.44. The number of fused-ring (bicyclic) bond motifs is 4. The van der Waals surface area contributed by atoms with Crippen molar-refractivity contribution in [1.29, 1.82) is 0 Å². The zero-order valence-electron chi connectivity index (χ0n) is 23.7. The molecule has 1 heterocycles. The Labute approximate surface area is 253 Å². The van der Waals surface area contributed by atoms with Crippen molar-refractivity contribution in [2.75, 3.05) is 13.2 Å². The number of alkyl carbamates (subject to hydrolysis) is 1. The van der Waals surface area contributed by atoms with Crippen molar-refractivity contribution in [3.63, 3.8) is 0 Å². The largest absolute Gasteiger partial charge is 0.482 e. The SMILES string of the molecule is O=C(O)COc1ccc(COC(=O)[C@H](Cc2c[nH]c3ccccc23)NC(=O)OCC2c3ccccc3-c3ccccc32)cc1. The van der Waals surface area contributed by atoms with Gasteiger partial charge < -0.3 is 29.6 Å². The van der Waals surface area contributed by atoms with Crippen LogP contribution in [0.15, 0.2) is 103 Å². The highest BCUT2D eigenvalue weighted by atomic mass is 16.6. The molecule has 0 unspecified atom stereocenters. The molecule has 6 rings (SSSR count). The van der Waals surface area contributed by atoms with Gasteiger partial charge in [-0.2, -0.15) is 0 Å². The van der Waals surface area contributed by atoms with Crippen molar-refractivity contribution in [2.24, 2.45) is 0 Å². The molecule has 1 aromatic heterocycles. The summed E-state index contributed by atoms with van der Waals surface area (Å²) in [4.78, 5) is 40.4. The molecule has 44 heavy (non-hydrogen) atoms. The van der Waals surface area contributed by atoms with Gasteiger partial charge in [-0.25, -0.2) is 14.4 Å². The van der Waals surface area contributed by atoms with E-state index in [0.717, 1.165) is 38.7 Å². The Kier molecular flexibility index (Phi) is 8.27. The summed E-state index contributed by atoms with van der Waals surface area (Å²) < 4.78 is 16.5. The Hall–Kier alpha value is -5.57. The van der Waals surface area contributed by atoms with Gasteiger partial charge in [-0.3, -0.25) is 0 Å². The summed E-state index contributed by atoms with van der Waals surface area (Å²) in [6.45, 7) is -0.384. The average Bonchev–Trinajstić information content (AvgIpc) is 3.60. The number of esters is 1. The van der Waals surface area contributed by atoms with E-state index in [9.17, 15) is 14.4 Å². The molecule has 9 nitrogen and oxygen atoms in total. The van der Waals surface area contributed by atoms with E-state index in [4.69, 9.17) is 19.3 Å². The summed E-state index contributed by atoms with van der Waals surface area (Å²) >= 11 is 0. The molecule has 0 saturated heterocycles. The van der Waals surface area contributed by atoms with Gasteiger partial charge in [-0.1, -0.05) is 78.9 Å². The molecule has 1 amide bonds. The summed E-state index contributed by atoms with van der Waals surface area (Å²) in [5, 5.41) is 12.5. The first-order valence-electron chi connectivity index (χ1n) is 14.2. The maximum Gasteiger partial charge on any atom is 0.407 e. The molecule has 0 fully saturated rings. The maximum absolute atomic E-state index is 13.4. The lowest BCUT2D eigenvalue weighted by molar-refractivity contribution is -0.147. The van der Waals surface area contributed by atoms with Gasteiger partial charge in [0.1, 0.15) is 25.0 Å². The zero-order valence-corrected chi connectivity index (χ0v) is 23.7. The Balaban J connectivity index is 1.14. The number of carboxylic acids is 1. The van der Waals surface area contributed by atoms with E-state index in [2.05, 4.69) is 22.4 Å². The average molecular weight is 591 g/mol. The number of nitrogens with one attached hydrogen (secondary N) is 2. The van der Waals surface area contributed by atoms with Crippen LogP contribution >= 0.6 is 0 Å². The van der Waals surface area contributed by atoms with Crippen molar-refractivity contribution < 1.29 is 33.7 Å². The van der Waals surface area contributed by atoms with Gasteiger partial charge >= 0.3 is 18.0 Å². The standard InChI is InChI=1S/C35H30N2O7/c38-33(39)21-42-24-15-13-22(14-16-24)19-43-34(40)32(17-23-18-36-31-12-6-5-7-25(23)31)37-35(41)44-20-30-28-10-3-1-8-26(28)27-9-2-4-11-29(27)30/h1-16,18,30,32,36H,17,19-21H2,(H,37,41)(H,38,39)/t32-/m0/s1. The second-order valence-electron chi connectivity index (χ2n) is 10.5. The highest BCUT2D eigenvalue weighted by molar-refractivity contribution is 5.86. The number of H-pyrrole nitrogens is 1. The number of hydrogen-bond donors (Lipinski definition) is 3. The summed E-state index contributed by atoms with van der Waals surface area (Å²) in [6, 6.07) is 29.4. The summed E-state index contributed by atoms with van der Waals surface area (Å²) in [5.41, 5.74) is 6.88. The lowest BCUT2D eigenvalue weighted by Gasteiger charge is -2.19. The number of aliphatic carboxylic acids is 1. The maximum atomic E-state index is 13.4. The number of hydrogen-bond acceptors (Lipinski definition) is 6. The minimum atomic E-state index is -1.08. The van der Waals surface area contributed by atoms with Gasteiger partial charge in [-0.15, -0.1) is 0 Å². The summed E-state index contributed by atoms with van der Waals surface area (Å²) in [6.07, 6.45) is 1.29. The molecule has 0 aliphatic heterocycles. The predicted molar refractivity (Wildman–Crippen MR) is 163 cm³/mol. The molecular weight excluding hydrogens is 560 g/mol. The molecule has 9 heteroatoms. The molecule has 222 valence electrons. The molecule has 0 saturated carbocycles. The van der Waals surface area contributed by atoms with Gasteiger partial charge in [0.05, 0.1) is 0 Å². The van der Waals surface area contributed by atoms with Crippen LogP contribution in [0.25, 0.3) is 22.0 Å². The Morgan fingerprint density at radius 3 is 2.18 bits per heavy atom. The number of carbonyl (C=O) groups is 3. The number of carboxylic acid groups (broad SMARTS) is 1. The molecule has 0 radical (unpaired) electrons. The van der Waals surface area contributed by atoms with Crippen molar-refractivity contribution in [2.45, 2.75) is 25.0 Å². The molecule has 1 aliphatic carbocycles. The highest BCUT2D eigenvalue weighted by Gasteiger charge is 2.30. The first-order valence-corrected chi connectivity index (χ1v) is 14.2. The normalized spacial score (nSPS) is 12.6. The molecule has 0 spiro atoms. The van der Waals surface area contributed by atoms with Crippen molar-refractivity contribution in [1.82, 2.24) is 10.3 Å². The third-order valence-corrected chi connectivity index (χ3v) is 7.69. The van der Waals surface area contributed by atoms with Gasteiger partial charge in [0.2, 0.25) is 0 Å². The fourth-order valence-corrected chi connectivity index (χ4v) is 5.58. The monoisotopic (exact) mass is 590 g/mol. The topological polar surface area (TPSA) is 127 Å². The van der Waals surface area contributed by atoms with Crippen LogP contribution in [0.3, 0.4) is 0 Å². The molecule has 1 aliphatic rings. The molecule has 1 atom stereocenters. The number of aromatic amines is 1. The van der Waals surface area contributed by atoms with Crippen molar-refractivity contribution in [3.8, 4) is 16.9 Å². The number of rotatable bonds is 11. The van der Waals surface area contributed by atoms with Crippen LogP contribution in [0, 0.1) is 0 Å². The van der Waals surface area contributed by atoms with E-state index >= 15 is 0 Å². The quantitative estimate of drug-likeness (QED) is 0.165. The van der Waals surface area contributed by atoms with Crippen LogP contribution < -0.4 is 10.1 Å². The van der Waals surface area contributed by atoms with E-state index in [0.29, 0.717) is 11.3 Å². The number of amides is 1. The third-order valence-electron chi connectivity index (χ3n) is 7.69. The first kappa shape index (κ1) is 28.5. The Morgan fingerprint density at radius 2 is 1.48 bits per heavy atom. The summed E-state index contributed by atoms with van der Waals surface area (Å²) in [7, 11) is 0. The first-order chi connectivity index (χ1) is 21.5. The van der Waals surface area contributed by atoms with Gasteiger partial charge in [0, 0.05) is 29.4 Å². The minimum Gasteiger partial charge on any atom is -0.482 e. The smallest absolute Gasteiger partial charge is 0.407 e. The second-order valence-corrected chi connectivity index (χ2v) is 10.5. The van der Waals surface area contributed by atoms with E-state index in [-0.39, 0.29) is 25.6 Å². The molecule has 0 bridgehead atoms. The number of aromatic nitrogens is 1. The van der Waals surface area contributed by atoms with Crippen LogP contribution in [-0.2, 0) is 32.1 Å². The Bertz CT molecular complexity index is 1770. The lowest BCUT2D eigenvalue weighted by Crippen LogP contribution is -2.43.